The summed E-state index contributed by atoms with van der Waals surface area (Å²) in [5.74, 6) is 0.110. The van der Waals surface area contributed by atoms with E-state index in [9.17, 15) is 31.2 Å². The van der Waals surface area contributed by atoms with E-state index in [2.05, 4.69) is 4.72 Å². The first kappa shape index (κ1) is 30.9. The summed E-state index contributed by atoms with van der Waals surface area (Å²) in [6.45, 7) is -0.294. The number of hydroxylamine groups is 2. The Kier molecular flexibility index (Phi) is 10.1. The minimum Gasteiger partial charge on any atom is -0.457 e. The van der Waals surface area contributed by atoms with Crippen LogP contribution in [0.2, 0.25) is 0 Å². The second kappa shape index (κ2) is 13.7. The van der Waals surface area contributed by atoms with E-state index in [1.165, 1.54) is 24.3 Å². The zero-order valence-corrected chi connectivity index (χ0v) is 23.5. The first-order chi connectivity index (χ1) is 20.0. The second-order valence-corrected chi connectivity index (χ2v) is 12.1. The highest BCUT2D eigenvalue weighted by atomic mass is 32.2. The van der Waals surface area contributed by atoms with Crippen LogP contribution in [0.3, 0.4) is 0 Å². The van der Waals surface area contributed by atoms with Crippen molar-refractivity contribution in [2.45, 2.75) is 29.9 Å². The molecule has 0 saturated carbocycles. The van der Waals surface area contributed by atoms with Gasteiger partial charge in [-0.25, -0.2) is 17.9 Å². The third-order valence-electron chi connectivity index (χ3n) is 5.77. The summed E-state index contributed by atoms with van der Waals surface area (Å²) >= 11 is 0.902. The smallest absolute Gasteiger partial charge is 0.416 e. The molecule has 0 amide bonds. The van der Waals surface area contributed by atoms with E-state index in [0.717, 1.165) is 34.1 Å². The van der Waals surface area contributed by atoms with Crippen LogP contribution < -0.4 is 9.46 Å². The van der Waals surface area contributed by atoms with Crippen molar-refractivity contribution in [2.24, 2.45) is 0 Å². The van der Waals surface area contributed by atoms with E-state index < -0.39 is 27.7 Å². The Morgan fingerprint density at radius 1 is 0.881 bits per heavy atom. The molecule has 13 heteroatoms. The number of hydrogen-bond acceptors (Lipinski definition) is 8. The van der Waals surface area contributed by atoms with Crippen LogP contribution in [-0.2, 0) is 50.1 Å². The number of carbonyl (C=O) groups excluding carboxylic acids is 2. The summed E-state index contributed by atoms with van der Waals surface area (Å²) < 4.78 is 73.3. The van der Waals surface area contributed by atoms with Gasteiger partial charge in [0.05, 0.1) is 18.7 Å². The van der Waals surface area contributed by atoms with Crippen molar-refractivity contribution in [3.8, 4) is 11.5 Å². The number of nitrogens with zero attached hydrogens (tertiary/aromatic N) is 1. The first-order valence-electron chi connectivity index (χ1n) is 12.5. The Morgan fingerprint density at radius 3 is 2.29 bits per heavy atom. The molecule has 0 aliphatic carbocycles. The van der Waals surface area contributed by atoms with Crippen molar-refractivity contribution in [3.63, 3.8) is 0 Å². The molecular formula is C29H25F3N2O6S2. The zero-order chi connectivity index (χ0) is 30.2. The van der Waals surface area contributed by atoms with E-state index in [-0.39, 0.29) is 35.7 Å². The highest BCUT2D eigenvalue weighted by molar-refractivity contribution is 7.91. The highest BCUT2D eigenvalue weighted by Crippen LogP contribution is 2.30. The molecule has 4 rings (SSSR count). The molecule has 3 aromatic carbocycles. The molecule has 4 aromatic rings. The average Bonchev–Trinajstić information content (AvgIpc) is 3.44. The first-order valence-corrected chi connectivity index (χ1v) is 14.8. The number of alkyl halides is 3. The lowest BCUT2D eigenvalue weighted by molar-refractivity contribution is -0.194. The van der Waals surface area contributed by atoms with Gasteiger partial charge >= 0.3 is 12.1 Å². The molecule has 0 unspecified atom stereocenters. The molecule has 0 bridgehead atoms. The monoisotopic (exact) mass is 618 g/mol. The van der Waals surface area contributed by atoms with Crippen molar-refractivity contribution in [1.82, 2.24) is 9.79 Å². The summed E-state index contributed by atoms with van der Waals surface area (Å²) in [7, 11) is -3.87. The molecule has 0 fully saturated rings. The van der Waals surface area contributed by atoms with Gasteiger partial charge in [0.25, 0.3) is 0 Å². The molecule has 8 nitrogen and oxygen atoms in total. The SMILES string of the molecule is O=CC(=O)ON(Cc1cccc(C(F)(F)F)c1)Cc1ccc(S(=O)(=O)NCCc2ccc(Oc3ccccc3)cc2)s1. The molecule has 0 aliphatic rings. The second-order valence-electron chi connectivity index (χ2n) is 8.95. The van der Waals surface area contributed by atoms with Gasteiger partial charge in [-0.3, -0.25) is 4.79 Å². The van der Waals surface area contributed by atoms with Crippen LogP contribution in [0.4, 0.5) is 13.2 Å². The van der Waals surface area contributed by atoms with Gasteiger partial charge in [-0.1, -0.05) is 48.5 Å². The van der Waals surface area contributed by atoms with E-state index >= 15 is 0 Å². The minimum absolute atomic E-state index is 0.00448. The van der Waals surface area contributed by atoms with Crippen molar-refractivity contribution < 1.29 is 40.8 Å². The van der Waals surface area contributed by atoms with Crippen LogP contribution >= 0.6 is 11.3 Å². The molecule has 0 atom stereocenters. The molecule has 0 aliphatic heterocycles. The van der Waals surface area contributed by atoms with E-state index in [1.807, 2.05) is 42.5 Å². The molecule has 1 heterocycles. The molecular weight excluding hydrogens is 593 g/mol. The lowest BCUT2D eigenvalue weighted by Crippen LogP contribution is -2.27. The Balaban J connectivity index is 1.35. The molecule has 42 heavy (non-hydrogen) atoms. The number of benzene rings is 3. The number of para-hydroxylation sites is 1. The van der Waals surface area contributed by atoms with Crippen molar-refractivity contribution >= 4 is 33.6 Å². The van der Waals surface area contributed by atoms with Crippen LogP contribution in [0.25, 0.3) is 0 Å². The standard InChI is InChI=1S/C29H25F3N2O6S2/c30-29(31,32)23-6-4-5-22(17-23)18-34(40-27(36)20-35)19-26-13-14-28(41-26)42(37,38)33-16-15-21-9-11-25(12-10-21)39-24-7-2-1-3-8-24/h1-14,17,20,33H,15-16,18-19H2. The third kappa shape index (κ3) is 8.98. The molecule has 0 radical (unpaired) electrons. The average molecular weight is 619 g/mol. The largest absolute Gasteiger partial charge is 0.457 e. The van der Waals surface area contributed by atoms with Gasteiger partial charge in [-0.2, -0.15) is 13.2 Å². The van der Waals surface area contributed by atoms with E-state index in [0.29, 0.717) is 22.8 Å². The fourth-order valence-corrected chi connectivity index (χ4v) is 6.27. The summed E-state index contributed by atoms with van der Waals surface area (Å²) in [5, 5.41) is 0.993. The van der Waals surface area contributed by atoms with Gasteiger partial charge in [-0.05, 0) is 60.0 Å². The van der Waals surface area contributed by atoms with Gasteiger partial charge in [0.2, 0.25) is 16.3 Å². The number of aldehydes is 1. The lowest BCUT2D eigenvalue weighted by Gasteiger charge is -2.20. The fourth-order valence-electron chi connectivity index (χ4n) is 3.83. The van der Waals surface area contributed by atoms with Crippen LogP contribution in [0, 0.1) is 0 Å². The van der Waals surface area contributed by atoms with Crippen molar-refractivity contribution in [1.29, 1.82) is 0 Å². The van der Waals surface area contributed by atoms with Crippen LogP contribution in [0.1, 0.15) is 21.6 Å². The number of ether oxygens (including phenoxy) is 1. The van der Waals surface area contributed by atoms with Gasteiger partial charge in [0.15, 0.2) is 0 Å². The van der Waals surface area contributed by atoms with Gasteiger partial charge in [0, 0.05) is 11.4 Å². The number of halogens is 3. The Morgan fingerprint density at radius 2 is 1.60 bits per heavy atom. The number of thiophene rings is 1. The maximum Gasteiger partial charge on any atom is 0.416 e. The number of carbonyl (C=O) groups is 2. The van der Waals surface area contributed by atoms with Gasteiger partial charge in [0.1, 0.15) is 15.7 Å². The molecule has 1 aromatic heterocycles. The highest BCUT2D eigenvalue weighted by Gasteiger charge is 2.30. The quantitative estimate of drug-likeness (QED) is 0.116. The van der Waals surface area contributed by atoms with Crippen LogP contribution in [0.15, 0.2) is 95.2 Å². The van der Waals surface area contributed by atoms with Crippen molar-refractivity contribution in [3.05, 3.63) is 113 Å². The van der Waals surface area contributed by atoms with Crippen LogP contribution in [0.5, 0.6) is 11.5 Å². The topological polar surface area (TPSA) is 102 Å². The number of rotatable bonds is 13. The van der Waals surface area contributed by atoms with E-state index in [1.54, 1.807) is 12.1 Å². The Hall–Kier alpha value is -4.04. The summed E-state index contributed by atoms with van der Waals surface area (Å²) in [6, 6.07) is 23.9. The normalized spacial score (nSPS) is 11.8. The van der Waals surface area contributed by atoms with Gasteiger partial charge < -0.3 is 9.57 Å². The fraction of sp³-hybridized carbons (Fsp3) is 0.172. The van der Waals surface area contributed by atoms with Gasteiger partial charge in [-0.15, -0.1) is 16.4 Å². The number of sulfonamides is 1. The Labute approximate surface area is 244 Å². The predicted molar refractivity (Wildman–Crippen MR) is 149 cm³/mol. The van der Waals surface area contributed by atoms with Crippen LogP contribution in [-0.4, -0.2) is 32.3 Å². The third-order valence-corrected chi connectivity index (χ3v) is 8.79. The van der Waals surface area contributed by atoms with E-state index in [4.69, 9.17) is 9.57 Å². The maximum atomic E-state index is 13.1. The summed E-state index contributed by atoms with van der Waals surface area (Å²) in [4.78, 5) is 27.8. The zero-order valence-electron chi connectivity index (χ0n) is 21.9. The predicted octanol–water partition coefficient (Wildman–Crippen LogP) is 5.74. The number of hydrogen-bond donors (Lipinski definition) is 1. The summed E-state index contributed by atoms with van der Waals surface area (Å²) in [5.41, 5.74) is 0.190. The maximum absolute atomic E-state index is 13.1. The molecule has 0 spiro atoms. The minimum atomic E-state index is -4.56. The van der Waals surface area contributed by atoms with Crippen molar-refractivity contribution in [2.75, 3.05) is 6.54 Å². The molecule has 0 saturated heterocycles. The number of nitrogens with one attached hydrogen (secondary N) is 1. The summed E-state index contributed by atoms with van der Waals surface area (Å²) in [6.07, 6.45) is -4.21. The Bertz CT molecular complexity index is 1610. The molecule has 1 N–H and O–H groups in total. The lowest BCUT2D eigenvalue weighted by atomic mass is 10.1. The molecule has 220 valence electrons.